The van der Waals surface area contributed by atoms with E-state index in [9.17, 15) is 19.2 Å². The number of Topliss-reactive ketones (excluding diaryl/α,β-unsaturated/α-hetero) is 4. The molecule has 0 aliphatic heterocycles. The molecular formula is C14H24N2O4. The molecule has 0 rings (SSSR count). The summed E-state index contributed by atoms with van der Waals surface area (Å²) in [6, 6.07) is -0.976. The quantitative estimate of drug-likeness (QED) is 0.520. The SMILES string of the molecule is CC(=O)CC(NCCNC(CC(C)=O)C(C)=O)C(C)=O. The van der Waals surface area contributed by atoms with E-state index in [2.05, 4.69) is 10.6 Å². The summed E-state index contributed by atoms with van der Waals surface area (Å²) >= 11 is 0. The molecule has 6 nitrogen and oxygen atoms in total. The average Bonchev–Trinajstić information content (AvgIpc) is 2.29. The van der Waals surface area contributed by atoms with Gasteiger partial charge in [0.25, 0.3) is 0 Å². The minimum absolute atomic E-state index is 0.0520. The van der Waals surface area contributed by atoms with Crippen molar-refractivity contribution in [1.82, 2.24) is 10.6 Å². The number of ketones is 4. The Bertz CT molecular complexity index is 343. The molecule has 0 aromatic rings. The van der Waals surface area contributed by atoms with Gasteiger partial charge < -0.3 is 10.6 Å². The van der Waals surface area contributed by atoms with Crippen molar-refractivity contribution in [2.75, 3.05) is 13.1 Å². The summed E-state index contributed by atoms with van der Waals surface area (Å²) in [5, 5.41) is 5.94. The van der Waals surface area contributed by atoms with Gasteiger partial charge in [0.2, 0.25) is 0 Å². The number of hydrogen-bond acceptors (Lipinski definition) is 6. The smallest absolute Gasteiger partial charge is 0.147 e. The molecule has 0 heterocycles. The molecule has 0 aliphatic rings. The van der Waals surface area contributed by atoms with Gasteiger partial charge in [0, 0.05) is 25.9 Å². The van der Waals surface area contributed by atoms with Crippen LogP contribution in [0, 0.1) is 0 Å². The molecule has 0 radical (unpaired) electrons. The standard InChI is InChI=1S/C14H24N2O4/c1-9(17)7-13(11(3)19)15-5-6-16-14(12(4)20)8-10(2)18/h13-16H,5-8H2,1-4H3. The predicted molar refractivity (Wildman–Crippen MR) is 75.5 cm³/mol. The molecule has 0 spiro atoms. The van der Waals surface area contributed by atoms with Gasteiger partial charge in [-0.05, 0) is 27.7 Å². The molecule has 0 bridgehead atoms. The van der Waals surface area contributed by atoms with E-state index >= 15 is 0 Å². The van der Waals surface area contributed by atoms with Crippen molar-refractivity contribution in [1.29, 1.82) is 0 Å². The topological polar surface area (TPSA) is 92.3 Å². The zero-order valence-electron chi connectivity index (χ0n) is 12.6. The van der Waals surface area contributed by atoms with Crippen molar-refractivity contribution in [3.05, 3.63) is 0 Å². The molecule has 2 atom stereocenters. The largest absolute Gasteiger partial charge is 0.306 e. The number of nitrogens with one attached hydrogen (secondary N) is 2. The molecule has 2 unspecified atom stereocenters. The Morgan fingerprint density at radius 1 is 0.700 bits per heavy atom. The Labute approximate surface area is 119 Å². The lowest BCUT2D eigenvalue weighted by atomic mass is 10.1. The summed E-state index contributed by atoms with van der Waals surface area (Å²) < 4.78 is 0. The van der Waals surface area contributed by atoms with Crippen LogP contribution in [0.2, 0.25) is 0 Å². The number of carbonyl (C=O) groups is 4. The molecule has 2 N–H and O–H groups in total. The van der Waals surface area contributed by atoms with Crippen molar-refractivity contribution >= 4 is 23.1 Å². The van der Waals surface area contributed by atoms with Gasteiger partial charge in [-0.2, -0.15) is 0 Å². The highest BCUT2D eigenvalue weighted by Gasteiger charge is 2.17. The fraction of sp³-hybridized carbons (Fsp3) is 0.714. The van der Waals surface area contributed by atoms with Gasteiger partial charge in [-0.25, -0.2) is 0 Å². The van der Waals surface area contributed by atoms with Gasteiger partial charge in [-0.15, -0.1) is 0 Å². The molecule has 0 amide bonds. The Hall–Kier alpha value is -1.40. The molecule has 114 valence electrons. The van der Waals surface area contributed by atoms with E-state index in [0.29, 0.717) is 13.1 Å². The lowest BCUT2D eigenvalue weighted by Gasteiger charge is -2.17. The molecule has 6 heteroatoms. The minimum atomic E-state index is -0.488. The first-order valence-electron chi connectivity index (χ1n) is 6.70. The van der Waals surface area contributed by atoms with Crippen LogP contribution in [-0.4, -0.2) is 48.3 Å². The third kappa shape index (κ3) is 8.66. The number of carbonyl (C=O) groups excluding carboxylic acids is 4. The van der Waals surface area contributed by atoms with E-state index < -0.39 is 12.1 Å². The Balaban J connectivity index is 4.13. The third-order valence-electron chi connectivity index (χ3n) is 2.87. The highest BCUT2D eigenvalue weighted by Crippen LogP contribution is 1.96. The second-order valence-corrected chi connectivity index (χ2v) is 5.05. The predicted octanol–water partition coefficient (Wildman–Crippen LogP) is 0.0390. The highest BCUT2D eigenvalue weighted by atomic mass is 16.1. The Kier molecular flexibility index (Phi) is 8.83. The maximum absolute atomic E-state index is 11.3. The molecule has 0 aromatic heterocycles. The summed E-state index contributed by atoms with van der Waals surface area (Å²) in [6.45, 7) is 6.63. The van der Waals surface area contributed by atoms with Gasteiger partial charge in [0.1, 0.15) is 23.1 Å². The first-order valence-corrected chi connectivity index (χ1v) is 6.70. The summed E-state index contributed by atoms with van der Waals surface area (Å²) in [7, 11) is 0. The minimum Gasteiger partial charge on any atom is -0.306 e. The molecule has 20 heavy (non-hydrogen) atoms. The summed E-state index contributed by atoms with van der Waals surface area (Å²) in [6.07, 6.45) is 0.331. The van der Waals surface area contributed by atoms with Crippen LogP contribution in [-0.2, 0) is 19.2 Å². The third-order valence-corrected chi connectivity index (χ3v) is 2.87. The van der Waals surface area contributed by atoms with Crippen LogP contribution in [0.25, 0.3) is 0 Å². The fourth-order valence-corrected chi connectivity index (χ4v) is 1.79. The van der Waals surface area contributed by atoms with E-state index in [0.717, 1.165) is 0 Å². The van der Waals surface area contributed by atoms with Crippen LogP contribution in [0.1, 0.15) is 40.5 Å². The van der Waals surface area contributed by atoms with Crippen LogP contribution in [0.3, 0.4) is 0 Å². The van der Waals surface area contributed by atoms with Crippen LogP contribution >= 0.6 is 0 Å². The second kappa shape index (κ2) is 9.50. The van der Waals surface area contributed by atoms with Crippen molar-refractivity contribution in [3.8, 4) is 0 Å². The fourth-order valence-electron chi connectivity index (χ4n) is 1.79. The van der Waals surface area contributed by atoms with Gasteiger partial charge in [0.15, 0.2) is 0 Å². The van der Waals surface area contributed by atoms with Crippen molar-refractivity contribution in [3.63, 3.8) is 0 Å². The normalized spacial score (nSPS) is 13.6. The maximum atomic E-state index is 11.3. The van der Waals surface area contributed by atoms with Crippen LogP contribution < -0.4 is 10.6 Å². The molecule has 0 fully saturated rings. The first kappa shape index (κ1) is 18.6. The lowest BCUT2D eigenvalue weighted by molar-refractivity contribution is -0.124. The number of hydrogen-bond donors (Lipinski definition) is 2. The van der Waals surface area contributed by atoms with Crippen molar-refractivity contribution in [2.45, 2.75) is 52.6 Å². The molecular weight excluding hydrogens is 260 g/mol. The van der Waals surface area contributed by atoms with Gasteiger partial charge >= 0.3 is 0 Å². The monoisotopic (exact) mass is 284 g/mol. The number of rotatable bonds is 11. The van der Waals surface area contributed by atoms with E-state index in [-0.39, 0.29) is 36.0 Å². The summed E-state index contributed by atoms with van der Waals surface area (Å²) in [4.78, 5) is 44.7. The van der Waals surface area contributed by atoms with Gasteiger partial charge in [0.05, 0.1) is 12.1 Å². The van der Waals surface area contributed by atoms with Gasteiger partial charge in [-0.1, -0.05) is 0 Å². The highest BCUT2D eigenvalue weighted by molar-refractivity contribution is 5.88. The van der Waals surface area contributed by atoms with Gasteiger partial charge in [-0.3, -0.25) is 19.2 Å². The molecule has 0 aromatic carbocycles. The lowest BCUT2D eigenvalue weighted by Crippen LogP contribution is -2.44. The molecule has 0 aliphatic carbocycles. The van der Waals surface area contributed by atoms with Crippen molar-refractivity contribution < 1.29 is 19.2 Å². The second-order valence-electron chi connectivity index (χ2n) is 5.05. The first-order chi connectivity index (χ1) is 9.23. The van der Waals surface area contributed by atoms with Crippen LogP contribution in [0.4, 0.5) is 0 Å². The molecule has 0 saturated carbocycles. The van der Waals surface area contributed by atoms with Crippen LogP contribution in [0.15, 0.2) is 0 Å². The van der Waals surface area contributed by atoms with E-state index in [4.69, 9.17) is 0 Å². The Morgan fingerprint density at radius 2 is 1.00 bits per heavy atom. The molecule has 0 saturated heterocycles. The average molecular weight is 284 g/mol. The van der Waals surface area contributed by atoms with E-state index in [1.54, 1.807) is 0 Å². The summed E-state index contributed by atoms with van der Waals surface area (Å²) in [5.41, 5.74) is 0. The zero-order valence-corrected chi connectivity index (χ0v) is 12.6. The van der Waals surface area contributed by atoms with Crippen LogP contribution in [0.5, 0.6) is 0 Å². The van der Waals surface area contributed by atoms with E-state index in [1.807, 2.05) is 0 Å². The van der Waals surface area contributed by atoms with E-state index in [1.165, 1.54) is 27.7 Å². The summed E-state index contributed by atoms with van der Waals surface area (Å²) in [5.74, 6) is -0.285. The Morgan fingerprint density at radius 3 is 1.20 bits per heavy atom. The van der Waals surface area contributed by atoms with Crippen molar-refractivity contribution in [2.24, 2.45) is 0 Å². The zero-order chi connectivity index (χ0) is 15.7. The maximum Gasteiger partial charge on any atom is 0.147 e.